The van der Waals surface area contributed by atoms with Crippen LogP contribution in [-0.4, -0.2) is 6.04 Å². The molecule has 2 heteroatoms. The summed E-state index contributed by atoms with van der Waals surface area (Å²) in [5, 5.41) is 12.4. The molecule has 0 aliphatic heterocycles. The summed E-state index contributed by atoms with van der Waals surface area (Å²) in [4.78, 5) is 0. The van der Waals surface area contributed by atoms with Crippen molar-refractivity contribution in [2.75, 3.05) is 10.6 Å². The van der Waals surface area contributed by atoms with E-state index in [0.717, 1.165) is 29.9 Å². The molecule has 0 aromatic heterocycles. The van der Waals surface area contributed by atoms with Gasteiger partial charge in [0.1, 0.15) is 0 Å². The van der Waals surface area contributed by atoms with Crippen LogP contribution < -0.4 is 10.6 Å². The molecule has 2 aliphatic rings. The van der Waals surface area contributed by atoms with Gasteiger partial charge in [-0.3, -0.25) is 0 Å². The molecule has 7 aromatic rings. The van der Waals surface area contributed by atoms with E-state index in [4.69, 9.17) is 0 Å². The molecule has 0 heterocycles. The van der Waals surface area contributed by atoms with Crippen molar-refractivity contribution in [1.82, 2.24) is 0 Å². The molecule has 250 valence electrons. The van der Waals surface area contributed by atoms with Crippen LogP contribution in [0.1, 0.15) is 24.3 Å². The Bertz CT molecular complexity index is 2490. The lowest BCUT2D eigenvalue weighted by atomic mass is 9.83. The first kappa shape index (κ1) is 31.6. The molecular formula is C50H40N2. The highest BCUT2D eigenvalue weighted by molar-refractivity contribution is 6.15. The summed E-state index contributed by atoms with van der Waals surface area (Å²) < 4.78 is 0. The van der Waals surface area contributed by atoms with E-state index in [0.29, 0.717) is 12.0 Å². The molecular weight excluding hydrogens is 629 g/mol. The normalized spacial score (nSPS) is 16.4. The van der Waals surface area contributed by atoms with Crippen LogP contribution >= 0.6 is 0 Å². The summed E-state index contributed by atoms with van der Waals surface area (Å²) in [5.41, 5.74) is 12.0. The smallest absolute Gasteiger partial charge is 0.0482 e. The van der Waals surface area contributed by atoms with E-state index in [9.17, 15) is 0 Å². The van der Waals surface area contributed by atoms with Crippen molar-refractivity contribution in [2.24, 2.45) is 0 Å². The van der Waals surface area contributed by atoms with Gasteiger partial charge >= 0.3 is 0 Å². The van der Waals surface area contributed by atoms with Gasteiger partial charge in [-0.05, 0) is 134 Å². The standard InChI is InChI=1S/C50H40N2/c1-5-13-35(14-6-1)39-31-48(38-23-27-44(28-24-38)52-42-19-11-4-12-20-42)46-30-29-45-47(37-15-7-2-8-16-37)32-40(34-50(45)49(46)33-39)36-21-25-43(26-22-36)51-41-17-9-3-10-18-41/h1-15,17,19-34,37,41,51-52H,16,18H2. The highest BCUT2D eigenvalue weighted by Crippen LogP contribution is 2.42. The monoisotopic (exact) mass is 668 g/mol. The number of fused-ring (bicyclic) bond motifs is 3. The van der Waals surface area contributed by atoms with Gasteiger partial charge in [0.25, 0.3) is 0 Å². The Hall–Kier alpha value is -6.38. The van der Waals surface area contributed by atoms with E-state index in [2.05, 4.69) is 199 Å². The molecule has 2 atom stereocenters. The summed E-state index contributed by atoms with van der Waals surface area (Å²) in [5.74, 6) is 0.318. The second-order valence-corrected chi connectivity index (χ2v) is 13.8. The maximum Gasteiger partial charge on any atom is 0.0482 e. The van der Waals surface area contributed by atoms with E-state index < -0.39 is 0 Å². The van der Waals surface area contributed by atoms with E-state index in [1.807, 2.05) is 6.07 Å². The number of nitrogens with one attached hydrogen (secondary N) is 2. The Morgan fingerprint density at radius 2 is 1.00 bits per heavy atom. The fourth-order valence-electron chi connectivity index (χ4n) is 7.71. The van der Waals surface area contributed by atoms with Crippen molar-refractivity contribution in [3.05, 3.63) is 200 Å². The maximum absolute atomic E-state index is 3.68. The zero-order chi connectivity index (χ0) is 34.7. The molecule has 2 unspecified atom stereocenters. The first-order valence-electron chi connectivity index (χ1n) is 18.3. The van der Waals surface area contributed by atoms with Crippen LogP contribution in [-0.2, 0) is 0 Å². The van der Waals surface area contributed by atoms with Crippen LogP contribution in [0.15, 0.2) is 194 Å². The maximum atomic E-state index is 3.68. The van der Waals surface area contributed by atoms with Gasteiger partial charge in [-0.25, -0.2) is 0 Å². The third-order valence-electron chi connectivity index (χ3n) is 10.4. The largest absolute Gasteiger partial charge is 0.379 e. The second-order valence-electron chi connectivity index (χ2n) is 13.8. The van der Waals surface area contributed by atoms with Gasteiger partial charge in [0, 0.05) is 29.0 Å². The molecule has 52 heavy (non-hydrogen) atoms. The highest BCUT2D eigenvalue weighted by atomic mass is 14.9. The minimum absolute atomic E-state index is 0.318. The molecule has 2 N–H and O–H groups in total. The average molecular weight is 669 g/mol. The fraction of sp³-hybridized carbons (Fsp3) is 0.0800. The molecule has 9 rings (SSSR count). The predicted octanol–water partition coefficient (Wildman–Crippen LogP) is 13.6. The van der Waals surface area contributed by atoms with Gasteiger partial charge in [0.2, 0.25) is 0 Å². The Kier molecular flexibility index (Phi) is 8.56. The number of para-hydroxylation sites is 1. The molecule has 0 fully saturated rings. The number of rotatable bonds is 8. The van der Waals surface area contributed by atoms with Crippen molar-refractivity contribution in [3.8, 4) is 33.4 Å². The third-order valence-corrected chi connectivity index (χ3v) is 10.4. The van der Waals surface area contributed by atoms with Crippen LogP contribution in [0.3, 0.4) is 0 Å². The van der Waals surface area contributed by atoms with Gasteiger partial charge in [0.05, 0.1) is 0 Å². The predicted molar refractivity (Wildman–Crippen MR) is 223 cm³/mol. The highest BCUT2D eigenvalue weighted by Gasteiger charge is 2.18. The van der Waals surface area contributed by atoms with E-state index >= 15 is 0 Å². The molecule has 2 aliphatic carbocycles. The van der Waals surface area contributed by atoms with Crippen molar-refractivity contribution >= 4 is 38.6 Å². The zero-order valence-corrected chi connectivity index (χ0v) is 29.0. The van der Waals surface area contributed by atoms with Crippen LogP contribution in [0.2, 0.25) is 0 Å². The Morgan fingerprint density at radius 1 is 0.404 bits per heavy atom. The first-order valence-corrected chi connectivity index (χ1v) is 18.3. The van der Waals surface area contributed by atoms with E-state index in [1.54, 1.807) is 0 Å². The average Bonchev–Trinajstić information content (AvgIpc) is 3.22. The van der Waals surface area contributed by atoms with Crippen molar-refractivity contribution in [3.63, 3.8) is 0 Å². The van der Waals surface area contributed by atoms with E-state index in [1.165, 1.54) is 60.5 Å². The van der Waals surface area contributed by atoms with Crippen LogP contribution in [0.25, 0.3) is 54.9 Å². The summed E-state index contributed by atoms with van der Waals surface area (Å²) in [7, 11) is 0. The van der Waals surface area contributed by atoms with Crippen molar-refractivity contribution in [2.45, 2.75) is 24.8 Å². The minimum Gasteiger partial charge on any atom is -0.379 e. The van der Waals surface area contributed by atoms with Gasteiger partial charge in [-0.1, -0.05) is 134 Å². The lowest BCUT2D eigenvalue weighted by Crippen LogP contribution is -2.16. The van der Waals surface area contributed by atoms with Crippen molar-refractivity contribution in [1.29, 1.82) is 0 Å². The van der Waals surface area contributed by atoms with Gasteiger partial charge in [-0.2, -0.15) is 0 Å². The molecule has 0 amide bonds. The van der Waals surface area contributed by atoms with Crippen LogP contribution in [0, 0.1) is 0 Å². The number of anilines is 3. The lowest BCUT2D eigenvalue weighted by molar-refractivity contribution is 0.862. The summed E-state index contributed by atoms with van der Waals surface area (Å²) >= 11 is 0. The SMILES string of the molecule is C1=CCC(Nc2ccc(-c3cc(C4C=CC=CC4)c4ccc5c(-c6ccc(Nc7ccccc7)cc6)cc(-c6ccccc6)cc5c4c3)cc2)C=C1. The fourth-order valence-corrected chi connectivity index (χ4v) is 7.71. The molecule has 2 nitrogen and oxygen atoms in total. The minimum atomic E-state index is 0.318. The second kappa shape index (κ2) is 14.1. The Balaban J connectivity index is 1.20. The summed E-state index contributed by atoms with van der Waals surface area (Å²) in [6.45, 7) is 0. The molecule has 0 saturated heterocycles. The van der Waals surface area contributed by atoms with Crippen LogP contribution in [0.4, 0.5) is 17.1 Å². The molecule has 0 bridgehead atoms. The summed E-state index contributed by atoms with van der Waals surface area (Å²) in [6.07, 6.45) is 19.7. The summed E-state index contributed by atoms with van der Waals surface area (Å²) in [6, 6.07) is 53.6. The third kappa shape index (κ3) is 6.48. The topological polar surface area (TPSA) is 24.1 Å². The Morgan fingerprint density at radius 3 is 1.71 bits per heavy atom. The molecule has 0 spiro atoms. The Labute approximate surface area is 306 Å². The molecule has 7 aromatic carbocycles. The molecule has 0 radical (unpaired) electrons. The van der Waals surface area contributed by atoms with E-state index in [-0.39, 0.29) is 0 Å². The van der Waals surface area contributed by atoms with Crippen molar-refractivity contribution < 1.29 is 0 Å². The van der Waals surface area contributed by atoms with Gasteiger partial charge in [0.15, 0.2) is 0 Å². The number of allylic oxidation sites excluding steroid dienone is 6. The zero-order valence-electron chi connectivity index (χ0n) is 29.0. The lowest BCUT2D eigenvalue weighted by Gasteiger charge is -2.21. The number of hydrogen-bond acceptors (Lipinski definition) is 2. The van der Waals surface area contributed by atoms with Gasteiger partial charge < -0.3 is 10.6 Å². The van der Waals surface area contributed by atoms with Gasteiger partial charge in [-0.15, -0.1) is 0 Å². The quantitative estimate of drug-likeness (QED) is 0.158. The number of benzene rings is 7. The number of hydrogen-bond donors (Lipinski definition) is 2. The van der Waals surface area contributed by atoms with Crippen LogP contribution in [0.5, 0.6) is 0 Å². The first-order chi connectivity index (χ1) is 25.7. The molecule has 0 saturated carbocycles.